The monoisotopic (exact) mass is 315 g/mol. The van der Waals surface area contributed by atoms with Crippen LogP contribution in [0.2, 0.25) is 10.0 Å². The number of benzene rings is 1. The van der Waals surface area contributed by atoms with E-state index in [1.165, 1.54) is 25.7 Å². The predicted octanol–water partition coefficient (Wildman–Crippen LogP) is 3.95. The van der Waals surface area contributed by atoms with Crippen molar-refractivity contribution in [3.05, 3.63) is 28.2 Å². The Morgan fingerprint density at radius 3 is 2.55 bits per heavy atom. The molecule has 0 aliphatic heterocycles. The van der Waals surface area contributed by atoms with Crippen LogP contribution in [0.15, 0.2) is 18.2 Å². The molecule has 1 aliphatic carbocycles. The molecular formula is C15H21Cl2N2O+. The zero-order valence-corrected chi connectivity index (χ0v) is 13.5. The van der Waals surface area contributed by atoms with E-state index >= 15 is 0 Å². The minimum atomic E-state index is -0.00822. The Morgan fingerprint density at radius 2 is 1.95 bits per heavy atom. The van der Waals surface area contributed by atoms with Gasteiger partial charge in [-0.1, -0.05) is 23.2 Å². The van der Waals surface area contributed by atoms with Crippen LogP contribution in [0.3, 0.4) is 0 Å². The average molecular weight is 316 g/mol. The molecule has 0 unspecified atom stereocenters. The summed E-state index contributed by atoms with van der Waals surface area (Å²) in [5.74, 6) is -0.00822. The van der Waals surface area contributed by atoms with Crippen molar-refractivity contribution in [2.75, 3.05) is 26.0 Å². The van der Waals surface area contributed by atoms with Crippen LogP contribution in [0.1, 0.15) is 25.7 Å². The van der Waals surface area contributed by atoms with Gasteiger partial charge in [0.05, 0.1) is 30.8 Å². The van der Waals surface area contributed by atoms with E-state index in [9.17, 15) is 4.79 Å². The molecule has 0 saturated heterocycles. The first-order chi connectivity index (χ1) is 9.38. The number of rotatable bonds is 4. The first-order valence-corrected chi connectivity index (χ1v) is 7.71. The van der Waals surface area contributed by atoms with Crippen LogP contribution < -0.4 is 5.32 Å². The molecule has 1 amide bonds. The number of hydrogen-bond donors (Lipinski definition) is 1. The van der Waals surface area contributed by atoms with Crippen molar-refractivity contribution in [2.24, 2.45) is 0 Å². The molecule has 110 valence electrons. The summed E-state index contributed by atoms with van der Waals surface area (Å²) in [5.41, 5.74) is 0.618. The zero-order chi connectivity index (χ0) is 14.8. The maximum Gasteiger partial charge on any atom is 0.279 e. The van der Waals surface area contributed by atoms with Gasteiger partial charge in [-0.2, -0.15) is 0 Å². The summed E-state index contributed by atoms with van der Waals surface area (Å²) >= 11 is 11.9. The minimum absolute atomic E-state index is 0.00822. The van der Waals surface area contributed by atoms with Gasteiger partial charge >= 0.3 is 0 Å². The lowest BCUT2D eigenvalue weighted by atomic mass is 10.2. The van der Waals surface area contributed by atoms with Gasteiger partial charge in [-0.15, -0.1) is 0 Å². The Bertz CT molecular complexity index is 497. The van der Waals surface area contributed by atoms with E-state index in [1.807, 2.05) is 0 Å². The number of carbonyl (C=O) groups is 1. The molecule has 1 N–H and O–H groups in total. The van der Waals surface area contributed by atoms with E-state index in [0.717, 1.165) is 4.48 Å². The van der Waals surface area contributed by atoms with Gasteiger partial charge in [0.25, 0.3) is 5.91 Å². The number of quaternary nitrogens is 1. The van der Waals surface area contributed by atoms with Crippen LogP contribution in [0, 0.1) is 0 Å². The van der Waals surface area contributed by atoms with Gasteiger partial charge in [-0.05, 0) is 43.9 Å². The zero-order valence-electron chi connectivity index (χ0n) is 12.0. The minimum Gasteiger partial charge on any atom is -0.320 e. The van der Waals surface area contributed by atoms with Crippen molar-refractivity contribution in [2.45, 2.75) is 31.7 Å². The molecule has 20 heavy (non-hydrogen) atoms. The molecule has 1 saturated carbocycles. The maximum absolute atomic E-state index is 12.2. The van der Waals surface area contributed by atoms with E-state index in [1.54, 1.807) is 18.2 Å². The summed E-state index contributed by atoms with van der Waals surface area (Å²) < 4.78 is 0.733. The SMILES string of the molecule is C[N+](C)(CC(=O)Nc1ccc(Cl)cc1Cl)C1CCCC1. The van der Waals surface area contributed by atoms with Gasteiger partial charge in [-0.3, -0.25) is 4.79 Å². The van der Waals surface area contributed by atoms with E-state index in [2.05, 4.69) is 19.4 Å². The van der Waals surface area contributed by atoms with Gasteiger partial charge in [-0.25, -0.2) is 0 Å². The first-order valence-electron chi connectivity index (χ1n) is 6.96. The summed E-state index contributed by atoms with van der Waals surface area (Å²) in [4.78, 5) is 12.2. The quantitative estimate of drug-likeness (QED) is 0.837. The lowest BCUT2D eigenvalue weighted by Crippen LogP contribution is -2.51. The highest BCUT2D eigenvalue weighted by atomic mass is 35.5. The van der Waals surface area contributed by atoms with E-state index in [0.29, 0.717) is 28.3 Å². The maximum atomic E-state index is 12.2. The molecule has 1 aromatic rings. The van der Waals surface area contributed by atoms with Crippen LogP contribution in [0.4, 0.5) is 5.69 Å². The van der Waals surface area contributed by atoms with Crippen molar-refractivity contribution in [3.8, 4) is 0 Å². The summed E-state index contributed by atoms with van der Waals surface area (Å²) in [7, 11) is 4.25. The Morgan fingerprint density at radius 1 is 1.30 bits per heavy atom. The Balaban J connectivity index is 1.98. The summed E-state index contributed by atoms with van der Waals surface area (Å²) in [6.07, 6.45) is 4.97. The number of halogens is 2. The first kappa shape index (κ1) is 15.6. The van der Waals surface area contributed by atoms with Crippen molar-refractivity contribution < 1.29 is 9.28 Å². The molecule has 0 bridgehead atoms. The molecule has 0 heterocycles. The Labute approximate surface area is 130 Å². The molecule has 3 nitrogen and oxygen atoms in total. The van der Waals surface area contributed by atoms with Gasteiger partial charge in [0.2, 0.25) is 0 Å². The van der Waals surface area contributed by atoms with E-state index in [-0.39, 0.29) is 5.91 Å². The third-order valence-corrected chi connectivity index (χ3v) is 4.62. The summed E-state index contributed by atoms with van der Waals surface area (Å²) in [6, 6.07) is 5.68. The topological polar surface area (TPSA) is 29.1 Å². The van der Waals surface area contributed by atoms with Gasteiger partial charge in [0, 0.05) is 5.02 Å². The molecule has 1 fully saturated rings. The highest BCUT2D eigenvalue weighted by Crippen LogP contribution is 2.28. The molecule has 1 aromatic carbocycles. The van der Waals surface area contributed by atoms with Crippen LogP contribution in [0.25, 0.3) is 0 Å². The fourth-order valence-corrected chi connectivity index (χ4v) is 3.34. The van der Waals surface area contributed by atoms with Crippen LogP contribution in [0.5, 0.6) is 0 Å². The molecule has 0 radical (unpaired) electrons. The van der Waals surface area contributed by atoms with Crippen molar-refractivity contribution in [1.82, 2.24) is 0 Å². The highest BCUT2D eigenvalue weighted by molar-refractivity contribution is 6.36. The lowest BCUT2D eigenvalue weighted by Gasteiger charge is -2.35. The number of likely N-dealkylation sites (N-methyl/N-ethyl adjacent to an activating group) is 1. The second-order valence-electron chi connectivity index (χ2n) is 6.05. The van der Waals surface area contributed by atoms with Gasteiger partial charge in [0.1, 0.15) is 0 Å². The second-order valence-corrected chi connectivity index (χ2v) is 6.89. The number of anilines is 1. The molecule has 2 rings (SSSR count). The van der Waals surface area contributed by atoms with Gasteiger partial charge in [0.15, 0.2) is 6.54 Å². The third kappa shape index (κ3) is 3.87. The van der Waals surface area contributed by atoms with Crippen LogP contribution in [-0.2, 0) is 4.79 Å². The fourth-order valence-electron chi connectivity index (χ4n) is 2.88. The second kappa shape index (κ2) is 6.33. The average Bonchev–Trinajstić information content (AvgIpc) is 2.86. The predicted molar refractivity (Wildman–Crippen MR) is 84.3 cm³/mol. The van der Waals surface area contributed by atoms with Gasteiger partial charge < -0.3 is 9.80 Å². The highest BCUT2D eigenvalue weighted by Gasteiger charge is 2.33. The van der Waals surface area contributed by atoms with E-state index in [4.69, 9.17) is 23.2 Å². The molecule has 1 aliphatic rings. The van der Waals surface area contributed by atoms with Crippen molar-refractivity contribution in [3.63, 3.8) is 0 Å². The van der Waals surface area contributed by atoms with Crippen LogP contribution >= 0.6 is 23.2 Å². The molecule has 0 spiro atoms. The lowest BCUT2D eigenvalue weighted by molar-refractivity contribution is -0.906. The standard InChI is InChI=1S/C15H20Cl2N2O/c1-19(2,12-5-3-4-6-12)10-15(20)18-14-8-7-11(16)9-13(14)17/h7-9,12H,3-6,10H2,1-2H3/p+1. The number of amides is 1. The smallest absolute Gasteiger partial charge is 0.279 e. The number of nitrogens with one attached hydrogen (secondary N) is 1. The molecule has 0 atom stereocenters. The normalized spacial score (nSPS) is 16.4. The third-order valence-electron chi connectivity index (χ3n) is 4.07. The Hall–Kier alpha value is -0.770. The number of carbonyl (C=O) groups excluding carboxylic acids is 1. The molecule has 0 aromatic heterocycles. The van der Waals surface area contributed by atoms with E-state index < -0.39 is 0 Å². The Kier molecular flexibility index (Phi) is 4.95. The molecular weight excluding hydrogens is 295 g/mol. The fraction of sp³-hybridized carbons (Fsp3) is 0.533. The number of nitrogens with zero attached hydrogens (tertiary/aromatic N) is 1. The van der Waals surface area contributed by atoms with Crippen LogP contribution in [-0.4, -0.2) is 37.1 Å². The van der Waals surface area contributed by atoms with Crippen molar-refractivity contribution in [1.29, 1.82) is 0 Å². The van der Waals surface area contributed by atoms with Crippen molar-refractivity contribution >= 4 is 34.8 Å². The largest absolute Gasteiger partial charge is 0.320 e. The molecule has 5 heteroatoms. The summed E-state index contributed by atoms with van der Waals surface area (Å²) in [6.45, 7) is 0.462. The number of hydrogen-bond acceptors (Lipinski definition) is 1. The summed E-state index contributed by atoms with van der Waals surface area (Å²) in [5, 5.41) is 3.91.